The predicted molar refractivity (Wildman–Crippen MR) is 78.4 cm³/mol. The molecule has 0 aromatic carbocycles. The summed E-state index contributed by atoms with van der Waals surface area (Å²) >= 11 is 0. The Kier molecular flexibility index (Phi) is 4.82. The fraction of sp³-hybridized carbons (Fsp3) is 0.643. The van der Waals surface area contributed by atoms with E-state index in [-0.39, 0.29) is 24.5 Å². The molecule has 1 aliphatic rings. The van der Waals surface area contributed by atoms with Gasteiger partial charge in [0.25, 0.3) is 5.56 Å². The van der Waals surface area contributed by atoms with Crippen molar-refractivity contribution in [2.24, 2.45) is 5.92 Å². The van der Waals surface area contributed by atoms with Crippen LogP contribution in [0.15, 0.2) is 15.8 Å². The van der Waals surface area contributed by atoms with Gasteiger partial charge in [0.1, 0.15) is 12.3 Å². The Hall–Kier alpha value is -1.93. The number of carbonyl (C=O) groups is 1. The summed E-state index contributed by atoms with van der Waals surface area (Å²) in [6.45, 7) is 4.86. The molecule has 0 spiro atoms. The lowest BCUT2D eigenvalue weighted by Gasteiger charge is -2.18. The standard InChI is InChI=1S/C14H21N3O5/c1-7(2)12(19)15-9-4-11(22-10(9)6-18)17-5-8(3)13(20)16-14(17)21/h5,7,9-11,18H,4,6H2,1-3H3,(H,15,19)(H,16,20,21)/t9?,10-,11-/m1/s1. The van der Waals surface area contributed by atoms with Crippen molar-refractivity contribution in [3.8, 4) is 0 Å². The summed E-state index contributed by atoms with van der Waals surface area (Å²) in [5, 5.41) is 12.2. The molecule has 3 atom stereocenters. The Bertz CT molecular complexity index is 663. The van der Waals surface area contributed by atoms with E-state index >= 15 is 0 Å². The Labute approximate surface area is 127 Å². The van der Waals surface area contributed by atoms with Gasteiger partial charge in [-0.25, -0.2) is 4.79 Å². The summed E-state index contributed by atoms with van der Waals surface area (Å²) in [4.78, 5) is 37.3. The zero-order valence-corrected chi connectivity index (χ0v) is 12.8. The second-order valence-corrected chi connectivity index (χ2v) is 5.80. The van der Waals surface area contributed by atoms with Gasteiger partial charge < -0.3 is 15.2 Å². The number of aromatic nitrogens is 2. The van der Waals surface area contributed by atoms with Crippen LogP contribution in [0.25, 0.3) is 0 Å². The van der Waals surface area contributed by atoms with Crippen molar-refractivity contribution in [2.45, 2.75) is 45.6 Å². The molecule has 22 heavy (non-hydrogen) atoms. The highest BCUT2D eigenvalue weighted by atomic mass is 16.5. The van der Waals surface area contributed by atoms with Crippen LogP contribution in [0.3, 0.4) is 0 Å². The van der Waals surface area contributed by atoms with E-state index in [0.717, 1.165) is 0 Å². The van der Waals surface area contributed by atoms with Gasteiger partial charge in [-0.3, -0.25) is 19.1 Å². The largest absolute Gasteiger partial charge is 0.394 e. The molecular formula is C14H21N3O5. The van der Waals surface area contributed by atoms with Gasteiger partial charge in [0.15, 0.2) is 0 Å². The quantitative estimate of drug-likeness (QED) is 0.678. The lowest BCUT2D eigenvalue weighted by atomic mass is 10.1. The first kappa shape index (κ1) is 16.4. The first-order chi connectivity index (χ1) is 10.3. The first-order valence-corrected chi connectivity index (χ1v) is 7.22. The molecule has 8 nitrogen and oxygen atoms in total. The molecule has 0 saturated carbocycles. The van der Waals surface area contributed by atoms with E-state index in [9.17, 15) is 19.5 Å². The SMILES string of the molecule is Cc1cn([C@H]2CC(NC(=O)C(C)C)[C@@H](CO)O2)c(=O)[nH]c1=O. The molecular weight excluding hydrogens is 290 g/mol. The van der Waals surface area contributed by atoms with Crippen molar-refractivity contribution in [2.75, 3.05) is 6.61 Å². The first-order valence-electron chi connectivity index (χ1n) is 7.22. The number of aromatic amines is 1. The average Bonchev–Trinajstić information content (AvgIpc) is 2.85. The Morgan fingerprint density at radius 2 is 2.23 bits per heavy atom. The minimum absolute atomic E-state index is 0.141. The molecule has 1 aliphatic heterocycles. The fourth-order valence-electron chi connectivity index (χ4n) is 2.37. The monoisotopic (exact) mass is 311 g/mol. The zero-order chi connectivity index (χ0) is 16.4. The van der Waals surface area contributed by atoms with Crippen molar-refractivity contribution in [1.29, 1.82) is 0 Å². The van der Waals surface area contributed by atoms with E-state index in [4.69, 9.17) is 4.74 Å². The van der Waals surface area contributed by atoms with Gasteiger partial charge in [-0.1, -0.05) is 13.8 Å². The predicted octanol–water partition coefficient (Wildman–Crippen LogP) is -0.734. The van der Waals surface area contributed by atoms with E-state index in [1.807, 2.05) is 0 Å². The van der Waals surface area contributed by atoms with Gasteiger partial charge in [-0.05, 0) is 6.92 Å². The number of nitrogens with zero attached hydrogens (tertiary/aromatic N) is 1. The summed E-state index contributed by atoms with van der Waals surface area (Å²) in [7, 11) is 0. The molecule has 1 fully saturated rings. The van der Waals surface area contributed by atoms with Crippen LogP contribution >= 0.6 is 0 Å². The van der Waals surface area contributed by atoms with Crippen molar-refractivity contribution in [3.63, 3.8) is 0 Å². The molecule has 1 aromatic rings. The Balaban J connectivity index is 2.22. The number of nitrogens with one attached hydrogen (secondary N) is 2. The van der Waals surface area contributed by atoms with Crippen LogP contribution in [0.1, 0.15) is 32.1 Å². The van der Waals surface area contributed by atoms with E-state index in [2.05, 4.69) is 10.3 Å². The molecule has 0 bridgehead atoms. The average molecular weight is 311 g/mol. The normalized spacial score (nSPS) is 24.7. The molecule has 0 radical (unpaired) electrons. The topological polar surface area (TPSA) is 113 Å². The maximum absolute atomic E-state index is 11.9. The minimum atomic E-state index is -0.641. The number of hydrogen-bond acceptors (Lipinski definition) is 5. The van der Waals surface area contributed by atoms with Crippen LogP contribution in [0.2, 0.25) is 0 Å². The highest BCUT2D eigenvalue weighted by Crippen LogP contribution is 2.27. The molecule has 8 heteroatoms. The van der Waals surface area contributed by atoms with Crippen molar-refractivity contribution in [3.05, 3.63) is 32.6 Å². The summed E-state index contributed by atoms with van der Waals surface area (Å²) in [5.74, 6) is -0.325. The number of amides is 1. The van der Waals surface area contributed by atoms with E-state index < -0.39 is 23.6 Å². The van der Waals surface area contributed by atoms with Gasteiger partial charge in [0.2, 0.25) is 5.91 Å². The third-order valence-electron chi connectivity index (χ3n) is 3.72. The lowest BCUT2D eigenvalue weighted by Crippen LogP contribution is -2.43. The number of aliphatic hydroxyl groups excluding tert-OH is 1. The second-order valence-electron chi connectivity index (χ2n) is 5.80. The fourth-order valence-corrected chi connectivity index (χ4v) is 2.37. The van der Waals surface area contributed by atoms with Gasteiger partial charge in [0, 0.05) is 24.1 Å². The molecule has 1 unspecified atom stereocenters. The summed E-state index contributed by atoms with van der Waals surface area (Å²) in [6, 6.07) is -0.385. The Morgan fingerprint density at radius 3 is 2.82 bits per heavy atom. The van der Waals surface area contributed by atoms with E-state index in [1.54, 1.807) is 20.8 Å². The van der Waals surface area contributed by atoms with Crippen molar-refractivity contribution >= 4 is 5.91 Å². The number of aliphatic hydroxyl groups is 1. The number of aryl methyl sites for hydroxylation is 1. The van der Waals surface area contributed by atoms with Gasteiger partial charge >= 0.3 is 5.69 Å². The van der Waals surface area contributed by atoms with Crippen LogP contribution in [0, 0.1) is 12.8 Å². The smallest absolute Gasteiger partial charge is 0.330 e. The number of H-pyrrole nitrogens is 1. The van der Waals surface area contributed by atoms with Gasteiger partial charge in [-0.2, -0.15) is 0 Å². The van der Waals surface area contributed by atoms with Crippen LogP contribution < -0.4 is 16.6 Å². The zero-order valence-electron chi connectivity index (χ0n) is 12.8. The number of hydrogen-bond donors (Lipinski definition) is 3. The molecule has 1 aromatic heterocycles. The van der Waals surface area contributed by atoms with E-state index in [0.29, 0.717) is 12.0 Å². The molecule has 3 N–H and O–H groups in total. The summed E-state index contributed by atoms with van der Waals surface area (Å²) in [5.41, 5.74) is -0.630. The lowest BCUT2D eigenvalue weighted by molar-refractivity contribution is -0.125. The van der Waals surface area contributed by atoms with Crippen molar-refractivity contribution in [1.82, 2.24) is 14.9 Å². The maximum Gasteiger partial charge on any atom is 0.330 e. The second kappa shape index (κ2) is 6.45. The molecule has 122 valence electrons. The highest BCUT2D eigenvalue weighted by molar-refractivity contribution is 5.78. The molecule has 2 heterocycles. The van der Waals surface area contributed by atoms with Gasteiger partial charge in [-0.15, -0.1) is 0 Å². The molecule has 1 saturated heterocycles. The number of ether oxygens (including phenoxy) is 1. The van der Waals surface area contributed by atoms with Gasteiger partial charge in [0.05, 0.1) is 12.6 Å². The van der Waals surface area contributed by atoms with Crippen LogP contribution in [0.5, 0.6) is 0 Å². The molecule has 1 amide bonds. The third kappa shape index (κ3) is 3.28. The highest BCUT2D eigenvalue weighted by Gasteiger charge is 2.37. The molecule has 0 aliphatic carbocycles. The number of rotatable bonds is 4. The summed E-state index contributed by atoms with van der Waals surface area (Å²) < 4.78 is 6.92. The van der Waals surface area contributed by atoms with Crippen LogP contribution in [0.4, 0.5) is 0 Å². The molecule has 2 rings (SSSR count). The minimum Gasteiger partial charge on any atom is -0.394 e. The maximum atomic E-state index is 11.9. The Morgan fingerprint density at radius 1 is 1.55 bits per heavy atom. The number of carbonyl (C=O) groups excluding carboxylic acids is 1. The van der Waals surface area contributed by atoms with E-state index in [1.165, 1.54) is 10.8 Å². The van der Waals surface area contributed by atoms with Crippen LogP contribution in [-0.2, 0) is 9.53 Å². The summed E-state index contributed by atoms with van der Waals surface area (Å²) in [6.07, 6.45) is 0.534. The van der Waals surface area contributed by atoms with Crippen molar-refractivity contribution < 1.29 is 14.6 Å². The third-order valence-corrected chi connectivity index (χ3v) is 3.72. The van der Waals surface area contributed by atoms with Crippen LogP contribution in [-0.4, -0.2) is 39.3 Å².